The summed E-state index contributed by atoms with van der Waals surface area (Å²) >= 11 is 0. The van der Waals surface area contributed by atoms with Gasteiger partial charge in [-0.15, -0.1) is 0 Å². The summed E-state index contributed by atoms with van der Waals surface area (Å²) in [6.07, 6.45) is 2.87. The average molecular weight is 163 g/mol. The topological polar surface area (TPSA) is 54.9 Å². The van der Waals surface area contributed by atoms with Crippen molar-refractivity contribution < 1.29 is 4.79 Å². The van der Waals surface area contributed by atoms with Crippen molar-refractivity contribution >= 4 is 11.6 Å². The Kier molecular flexibility index (Phi) is 1.53. The van der Waals surface area contributed by atoms with Crippen LogP contribution in [0.3, 0.4) is 0 Å². The number of amides is 1. The van der Waals surface area contributed by atoms with E-state index < -0.39 is 0 Å². The zero-order valence-electron chi connectivity index (χ0n) is 6.79. The second-order valence-electron chi connectivity index (χ2n) is 2.73. The van der Waals surface area contributed by atoms with Crippen LogP contribution in [0.15, 0.2) is 6.20 Å². The van der Waals surface area contributed by atoms with Crippen molar-refractivity contribution in [1.82, 2.24) is 9.97 Å². The molecule has 12 heavy (non-hydrogen) atoms. The SMILES string of the molecule is CCc1ncc2c(n1)CC(=O)N2. The average Bonchev–Trinajstić information content (AvgIpc) is 2.43. The molecule has 2 heterocycles. The first-order chi connectivity index (χ1) is 5.79. The van der Waals surface area contributed by atoms with E-state index in [9.17, 15) is 4.79 Å². The maximum Gasteiger partial charge on any atom is 0.230 e. The summed E-state index contributed by atoms with van der Waals surface area (Å²) < 4.78 is 0. The summed E-state index contributed by atoms with van der Waals surface area (Å²) in [6, 6.07) is 0. The lowest BCUT2D eigenvalue weighted by Gasteiger charge is -1.98. The second kappa shape index (κ2) is 2.55. The van der Waals surface area contributed by atoms with Crippen LogP contribution in [0.1, 0.15) is 18.4 Å². The molecule has 1 N–H and O–H groups in total. The van der Waals surface area contributed by atoms with Crippen LogP contribution in [0.2, 0.25) is 0 Å². The Morgan fingerprint density at radius 1 is 1.67 bits per heavy atom. The van der Waals surface area contributed by atoms with Crippen molar-refractivity contribution in [2.24, 2.45) is 0 Å². The Morgan fingerprint density at radius 3 is 3.25 bits per heavy atom. The first-order valence-electron chi connectivity index (χ1n) is 3.94. The lowest BCUT2D eigenvalue weighted by molar-refractivity contribution is -0.115. The van der Waals surface area contributed by atoms with Crippen molar-refractivity contribution in [3.05, 3.63) is 17.7 Å². The third-order valence-electron chi connectivity index (χ3n) is 1.84. The highest BCUT2D eigenvalue weighted by Crippen LogP contribution is 2.18. The van der Waals surface area contributed by atoms with E-state index in [1.807, 2.05) is 6.92 Å². The molecule has 1 aliphatic heterocycles. The highest BCUT2D eigenvalue weighted by Gasteiger charge is 2.19. The van der Waals surface area contributed by atoms with Gasteiger partial charge in [-0.2, -0.15) is 0 Å². The highest BCUT2D eigenvalue weighted by molar-refractivity contribution is 5.98. The van der Waals surface area contributed by atoms with E-state index in [4.69, 9.17) is 0 Å². The van der Waals surface area contributed by atoms with Gasteiger partial charge in [0.05, 0.1) is 24.0 Å². The summed E-state index contributed by atoms with van der Waals surface area (Å²) in [5.41, 5.74) is 1.59. The number of nitrogens with zero attached hydrogens (tertiary/aromatic N) is 2. The van der Waals surface area contributed by atoms with Crippen molar-refractivity contribution in [2.75, 3.05) is 5.32 Å². The minimum Gasteiger partial charge on any atom is -0.323 e. The van der Waals surface area contributed by atoms with Gasteiger partial charge in [0.25, 0.3) is 0 Å². The number of aryl methyl sites for hydroxylation is 1. The highest BCUT2D eigenvalue weighted by atomic mass is 16.1. The zero-order chi connectivity index (χ0) is 8.55. The van der Waals surface area contributed by atoms with Gasteiger partial charge < -0.3 is 5.32 Å². The van der Waals surface area contributed by atoms with Gasteiger partial charge in [-0.3, -0.25) is 4.79 Å². The van der Waals surface area contributed by atoms with Crippen LogP contribution in [0, 0.1) is 0 Å². The minimum absolute atomic E-state index is 0.00699. The van der Waals surface area contributed by atoms with E-state index in [1.54, 1.807) is 6.20 Å². The molecule has 0 aromatic carbocycles. The van der Waals surface area contributed by atoms with E-state index in [-0.39, 0.29) is 5.91 Å². The van der Waals surface area contributed by atoms with Gasteiger partial charge in [0, 0.05) is 6.42 Å². The third-order valence-corrected chi connectivity index (χ3v) is 1.84. The molecular weight excluding hydrogens is 154 g/mol. The van der Waals surface area contributed by atoms with Crippen molar-refractivity contribution in [1.29, 1.82) is 0 Å². The number of carbonyl (C=O) groups is 1. The van der Waals surface area contributed by atoms with Crippen LogP contribution in [-0.4, -0.2) is 15.9 Å². The quantitative estimate of drug-likeness (QED) is 0.657. The van der Waals surface area contributed by atoms with E-state index in [2.05, 4.69) is 15.3 Å². The summed E-state index contributed by atoms with van der Waals surface area (Å²) in [7, 11) is 0. The normalized spacial score (nSPS) is 14.2. The predicted octanol–water partition coefficient (Wildman–Crippen LogP) is 0.534. The number of rotatable bonds is 1. The molecule has 0 radical (unpaired) electrons. The minimum atomic E-state index is 0.00699. The van der Waals surface area contributed by atoms with Gasteiger partial charge in [0.2, 0.25) is 5.91 Å². The number of carbonyl (C=O) groups excluding carboxylic acids is 1. The number of anilines is 1. The Morgan fingerprint density at radius 2 is 2.50 bits per heavy atom. The zero-order valence-corrected chi connectivity index (χ0v) is 6.79. The molecule has 1 amide bonds. The molecular formula is C8H9N3O. The largest absolute Gasteiger partial charge is 0.323 e. The lowest BCUT2D eigenvalue weighted by atomic mass is 10.3. The predicted molar refractivity (Wildman–Crippen MR) is 43.7 cm³/mol. The van der Waals surface area contributed by atoms with Crippen molar-refractivity contribution in [2.45, 2.75) is 19.8 Å². The molecule has 0 bridgehead atoms. The van der Waals surface area contributed by atoms with Gasteiger partial charge in [-0.1, -0.05) is 6.92 Å². The van der Waals surface area contributed by atoms with Crippen LogP contribution in [0.25, 0.3) is 0 Å². The van der Waals surface area contributed by atoms with Gasteiger partial charge in [0.15, 0.2) is 0 Å². The fourth-order valence-corrected chi connectivity index (χ4v) is 1.21. The Balaban J connectivity index is 2.41. The molecule has 1 aromatic heterocycles. The molecule has 0 saturated heterocycles. The molecule has 0 saturated carbocycles. The number of hydrogen-bond acceptors (Lipinski definition) is 3. The number of nitrogens with one attached hydrogen (secondary N) is 1. The van der Waals surface area contributed by atoms with Gasteiger partial charge >= 0.3 is 0 Å². The van der Waals surface area contributed by atoms with Crippen LogP contribution in [-0.2, 0) is 17.6 Å². The maximum atomic E-state index is 10.9. The van der Waals surface area contributed by atoms with Crippen LogP contribution < -0.4 is 5.32 Å². The van der Waals surface area contributed by atoms with Crippen LogP contribution in [0.4, 0.5) is 5.69 Å². The molecule has 0 unspecified atom stereocenters. The Hall–Kier alpha value is -1.45. The summed E-state index contributed by atoms with van der Waals surface area (Å²) in [4.78, 5) is 19.2. The van der Waals surface area contributed by atoms with Crippen molar-refractivity contribution in [3.63, 3.8) is 0 Å². The Labute approximate surface area is 70.0 Å². The summed E-state index contributed by atoms with van der Waals surface area (Å²) in [5, 5.41) is 2.68. The molecule has 0 aliphatic carbocycles. The van der Waals surface area contributed by atoms with Gasteiger partial charge in [0.1, 0.15) is 5.82 Å². The maximum absolute atomic E-state index is 10.9. The van der Waals surface area contributed by atoms with Gasteiger partial charge in [-0.05, 0) is 0 Å². The van der Waals surface area contributed by atoms with E-state index in [1.165, 1.54) is 0 Å². The van der Waals surface area contributed by atoms with E-state index in [0.29, 0.717) is 6.42 Å². The van der Waals surface area contributed by atoms with Crippen molar-refractivity contribution in [3.8, 4) is 0 Å². The van der Waals surface area contributed by atoms with Crippen LogP contribution >= 0.6 is 0 Å². The molecule has 1 aromatic rings. The second-order valence-corrected chi connectivity index (χ2v) is 2.73. The summed E-state index contributed by atoms with van der Waals surface area (Å²) in [5.74, 6) is 0.804. The van der Waals surface area contributed by atoms with E-state index in [0.717, 1.165) is 23.6 Å². The molecule has 1 aliphatic rings. The van der Waals surface area contributed by atoms with Gasteiger partial charge in [-0.25, -0.2) is 9.97 Å². The van der Waals surface area contributed by atoms with Crippen LogP contribution in [0.5, 0.6) is 0 Å². The Bertz CT molecular complexity index is 335. The number of fused-ring (bicyclic) bond motifs is 1. The molecule has 4 nitrogen and oxygen atoms in total. The molecule has 0 atom stereocenters. The molecule has 62 valence electrons. The van der Waals surface area contributed by atoms with E-state index >= 15 is 0 Å². The molecule has 2 rings (SSSR count). The smallest absolute Gasteiger partial charge is 0.230 e. The standard InChI is InChI=1S/C8H9N3O/c1-2-7-9-4-6-5(10-7)3-8(12)11-6/h4H,2-3H2,1H3,(H,11,12). The third kappa shape index (κ3) is 1.05. The first-order valence-corrected chi connectivity index (χ1v) is 3.94. The monoisotopic (exact) mass is 163 g/mol. The summed E-state index contributed by atoms with van der Waals surface area (Å²) in [6.45, 7) is 1.99. The fourth-order valence-electron chi connectivity index (χ4n) is 1.21. The first kappa shape index (κ1) is 7.21. The molecule has 0 spiro atoms. The number of hydrogen-bond donors (Lipinski definition) is 1. The molecule has 0 fully saturated rings. The number of aromatic nitrogens is 2. The lowest BCUT2D eigenvalue weighted by Crippen LogP contribution is -2.03. The molecule has 4 heteroatoms. The fraction of sp³-hybridized carbons (Fsp3) is 0.375.